The van der Waals surface area contributed by atoms with E-state index in [0.29, 0.717) is 16.4 Å². The van der Waals surface area contributed by atoms with E-state index in [1.54, 1.807) is 18.2 Å². The molecule has 0 atom stereocenters. The molecule has 0 aliphatic heterocycles. The number of hydrogen-bond donors (Lipinski definition) is 2. The molecular formula is C12H14ClN5OS2. The molecule has 0 unspecified atom stereocenters. The van der Waals surface area contributed by atoms with Crippen molar-refractivity contribution >= 4 is 57.1 Å². The van der Waals surface area contributed by atoms with Crippen molar-refractivity contribution in [3.63, 3.8) is 0 Å². The van der Waals surface area contributed by atoms with Crippen molar-refractivity contribution in [3.8, 4) is 0 Å². The van der Waals surface area contributed by atoms with Crippen molar-refractivity contribution in [1.82, 2.24) is 10.2 Å². The Balaban J connectivity index is 1.91. The Morgan fingerprint density at radius 3 is 2.90 bits per heavy atom. The van der Waals surface area contributed by atoms with Crippen molar-refractivity contribution in [3.05, 3.63) is 23.2 Å². The van der Waals surface area contributed by atoms with Crippen LogP contribution in [0.2, 0.25) is 5.02 Å². The van der Waals surface area contributed by atoms with E-state index in [1.165, 1.54) is 23.1 Å². The minimum Gasteiger partial charge on any atom is -0.397 e. The first-order chi connectivity index (χ1) is 9.95. The molecule has 1 aromatic heterocycles. The summed E-state index contributed by atoms with van der Waals surface area (Å²) < 4.78 is 0.743. The highest BCUT2D eigenvalue weighted by molar-refractivity contribution is 8.01. The van der Waals surface area contributed by atoms with Crippen LogP contribution in [0.15, 0.2) is 22.5 Å². The number of nitrogens with two attached hydrogens (primary N) is 1. The first-order valence-electron chi connectivity index (χ1n) is 5.94. The lowest BCUT2D eigenvalue weighted by atomic mass is 10.2. The van der Waals surface area contributed by atoms with Gasteiger partial charge in [-0.15, -0.1) is 10.2 Å². The van der Waals surface area contributed by atoms with Gasteiger partial charge in [-0.2, -0.15) is 0 Å². The standard InChI is InChI=1S/C12H14ClN5OS2/c1-18(2)11-16-17-12(21-11)20-6-10(19)15-9-5-7(13)3-4-8(9)14/h3-5H,6,14H2,1-2H3,(H,15,19). The highest BCUT2D eigenvalue weighted by Gasteiger charge is 2.10. The second kappa shape index (κ2) is 6.97. The van der Waals surface area contributed by atoms with Crippen LogP contribution in [0.25, 0.3) is 0 Å². The first kappa shape index (κ1) is 15.9. The molecule has 0 radical (unpaired) electrons. The summed E-state index contributed by atoms with van der Waals surface area (Å²) in [6.45, 7) is 0. The Hall–Kier alpha value is -1.51. The molecule has 1 aromatic carbocycles. The number of anilines is 3. The molecule has 0 saturated heterocycles. The maximum atomic E-state index is 11.9. The number of carbonyl (C=O) groups excluding carboxylic acids is 1. The van der Waals surface area contributed by atoms with Gasteiger partial charge in [-0.3, -0.25) is 4.79 Å². The molecule has 0 aliphatic carbocycles. The Kier molecular flexibility index (Phi) is 5.27. The van der Waals surface area contributed by atoms with Gasteiger partial charge < -0.3 is 16.0 Å². The van der Waals surface area contributed by atoms with Gasteiger partial charge in [-0.25, -0.2) is 0 Å². The molecule has 1 heterocycles. The second-order valence-corrected chi connectivity index (χ2v) is 6.93. The number of carbonyl (C=O) groups is 1. The number of rotatable bonds is 5. The Morgan fingerprint density at radius 2 is 2.24 bits per heavy atom. The fourth-order valence-electron chi connectivity index (χ4n) is 1.39. The summed E-state index contributed by atoms with van der Waals surface area (Å²) in [4.78, 5) is 13.8. The largest absolute Gasteiger partial charge is 0.397 e. The quantitative estimate of drug-likeness (QED) is 0.641. The van der Waals surface area contributed by atoms with E-state index >= 15 is 0 Å². The maximum absolute atomic E-state index is 11.9. The van der Waals surface area contributed by atoms with Crippen molar-refractivity contribution in [2.75, 3.05) is 35.8 Å². The lowest BCUT2D eigenvalue weighted by Crippen LogP contribution is -2.15. The van der Waals surface area contributed by atoms with E-state index in [-0.39, 0.29) is 11.7 Å². The van der Waals surface area contributed by atoms with Crippen LogP contribution >= 0.6 is 34.7 Å². The Morgan fingerprint density at radius 1 is 1.48 bits per heavy atom. The van der Waals surface area contributed by atoms with Crippen LogP contribution in [0, 0.1) is 0 Å². The number of amides is 1. The van der Waals surface area contributed by atoms with Crippen molar-refractivity contribution in [1.29, 1.82) is 0 Å². The summed E-state index contributed by atoms with van der Waals surface area (Å²) in [5, 5.41) is 12.1. The SMILES string of the molecule is CN(C)c1nnc(SCC(=O)Nc2cc(Cl)ccc2N)s1. The van der Waals surface area contributed by atoms with Gasteiger partial charge in [0, 0.05) is 19.1 Å². The lowest BCUT2D eigenvalue weighted by Gasteiger charge is -2.07. The molecule has 0 saturated carbocycles. The molecule has 0 spiro atoms. The van der Waals surface area contributed by atoms with Crippen LogP contribution in [0.3, 0.4) is 0 Å². The smallest absolute Gasteiger partial charge is 0.234 e. The van der Waals surface area contributed by atoms with E-state index in [4.69, 9.17) is 17.3 Å². The van der Waals surface area contributed by atoms with Gasteiger partial charge in [0.1, 0.15) is 0 Å². The minimum absolute atomic E-state index is 0.171. The molecule has 1 amide bonds. The van der Waals surface area contributed by atoms with Crippen LogP contribution in [-0.4, -0.2) is 36.0 Å². The fourth-order valence-corrected chi connectivity index (χ4v) is 3.13. The van der Waals surface area contributed by atoms with Crippen molar-refractivity contribution in [2.24, 2.45) is 0 Å². The Labute approximate surface area is 135 Å². The molecule has 2 rings (SSSR count). The number of benzene rings is 1. The van der Waals surface area contributed by atoms with Gasteiger partial charge in [-0.05, 0) is 18.2 Å². The summed E-state index contributed by atoms with van der Waals surface area (Å²) in [5.74, 6) is 0.0594. The minimum atomic E-state index is -0.171. The number of aromatic nitrogens is 2. The van der Waals surface area contributed by atoms with Crippen LogP contribution in [-0.2, 0) is 4.79 Å². The molecule has 0 fully saturated rings. The zero-order chi connectivity index (χ0) is 15.4. The summed E-state index contributed by atoms with van der Waals surface area (Å²) in [7, 11) is 3.78. The molecule has 3 N–H and O–H groups in total. The van der Waals surface area contributed by atoms with Crippen molar-refractivity contribution in [2.45, 2.75) is 4.34 Å². The molecule has 112 valence electrons. The normalized spacial score (nSPS) is 10.4. The lowest BCUT2D eigenvalue weighted by molar-refractivity contribution is -0.113. The van der Waals surface area contributed by atoms with Gasteiger partial charge >= 0.3 is 0 Å². The van der Waals surface area contributed by atoms with E-state index in [0.717, 1.165) is 9.47 Å². The third-order valence-electron chi connectivity index (χ3n) is 2.39. The maximum Gasteiger partial charge on any atom is 0.234 e. The zero-order valence-electron chi connectivity index (χ0n) is 11.5. The average Bonchev–Trinajstić information content (AvgIpc) is 2.90. The van der Waals surface area contributed by atoms with Crippen LogP contribution in [0.4, 0.5) is 16.5 Å². The summed E-state index contributed by atoms with van der Waals surface area (Å²) in [5.41, 5.74) is 6.76. The molecule has 6 nitrogen and oxygen atoms in total. The van der Waals surface area contributed by atoms with Gasteiger partial charge in [0.15, 0.2) is 4.34 Å². The molecule has 2 aromatic rings. The van der Waals surface area contributed by atoms with E-state index in [2.05, 4.69) is 15.5 Å². The predicted molar refractivity (Wildman–Crippen MR) is 89.5 cm³/mol. The van der Waals surface area contributed by atoms with Crippen LogP contribution in [0.1, 0.15) is 0 Å². The molecule has 21 heavy (non-hydrogen) atoms. The number of nitrogens with zero attached hydrogens (tertiary/aromatic N) is 3. The third kappa shape index (κ3) is 4.48. The van der Waals surface area contributed by atoms with Crippen LogP contribution in [0.5, 0.6) is 0 Å². The predicted octanol–water partition coefficient (Wildman–Crippen LogP) is 2.57. The Bertz CT molecular complexity index is 646. The van der Waals surface area contributed by atoms with E-state index in [1.807, 2.05) is 19.0 Å². The average molecular weight is 344 g/mol. The number of hydrogen-bond acceptors (Lipinski definition) is 7. The van der Waals surface area contributed by atoms with Gasteiger partial charge in [-0.1, -0.05) is 34.7 Å². The fraction of sp³-hybridized carbons (Fsp3) is 0.250. The molecule has 0 bridgehead atoms. The highest BCUT2D eigenvalue weighted by Crippen LogP contribution is 2.27. The van der Waals surface area contributed by atoms with Gasteiger partial charge in [0.05, 0.1) is 17.1 Å². The zero-order valence-corrected chi connectivity index (χ0v) is 13.8. The number of nitrogen functional groups attached to an aromatic ring is 1. The topological polar surface area (TPSA) is 84.1 Å². The van der Waals surface area contributed by atoms with E-state index < -0.39 is 0 Å². The summed E-state index contributed by atoms with van der Waals surface area (Å²) in [6.07, 6.45) is 0. The molecular weight excluding hydrogens is 330 g/mol. The number of halogens is 1. The van der Waals surface area contributed by atoms with Crippen LogP contribution < -0.4 is 16.0 Å². The second-order valence-electron chi connectivity index (χ2n) is 4.31. The molecule has 0 aliphatic rings. The summed E-state index contributed by atoms with van der Waals surface area (Å²) >= 11 is 8.64. The highest BCUT2D eigenvalue weighted by atomic mass is 35.5. The summed E-state index contributed by atoms with van der Waals surface area (Å²) in [6, 6.07) is 4.94. The van der Waals surface area contributed by atoms with Gasteiger partial charge in [0.25, 0.3) is 0 Å². The van der Waals surface area contributed by atoms with E-state index in [9.17, 15) is 4.79 Å². The third-order valence-corrected chi connectivity index (χ3v) is 4.85. The molecule has 9 heteroatoms. The van der Waals surface area contributed by atoms with Gasteiger partial charge in [0.2, 0.25) is 11.0 Å². The monoisotopic (exact) mass is 343 g/mol. The number of thioether (sulfide) groups is 1. The first-order valence-corrected chi connectivity index (χ1v) is 8.12. The number of nitrogens with one attached hydrogen (secondary N) is 1. The van der Waals surface area contributed by atoms with Crippen molar-refractivity contribution < 1.29 is 4.79 Å².